The van der Waals surface area contributed by atoms with Gasteiger partial charge in [0.15, 0.2) is 0 Å². The lowest BCUT2D eigenvalue weighted by molar-refractivity contribution is -0.0212. The summed E-state index contributed by atoms with van der Waals surface area (Å²) in [5, 5.41) is 0. The molecule has 10 nitrogen and oxygen atoms in total. The molecule has 0 aromatic heterocycles. The van der Waals surface area contributed by atoms with Gasteiger partial charge in [-0.1, -0.05) is 38.0 Å². The largest absolute Gasteiger partial charge is 0.379 e. The Balaban J connectivity index is 1.72. The zero-order valence-electron chi connectivity index (χ0n) is 21.6. The van der Waals surface area contributed by atoms with Gasteiger partial charge >= 0.3 is 0 Å². The lowest BCUT2D eigenvalue weighted by Crippen LogP contribution is -2.15. The molecule has 1 aromatic rings. The van der Waals surface area contributed by atoms with Crippen LogP contribution in [0.1, 0.15) is 26.2 Å². The van der Waals surface area contributed by atoms with Crippen LogP contribution in [0.2, 0.25) is 0 Å². The molecule has 210 valence electrons. The zero-order chi connectivity index (χ0) is 26.0. The van der Waals surface area contributed by atoms with E-state index in [-0.39, 0.29) is 18.1 Å². The van der Waals surface area contributed by atoms with Gasteiger partial charge in [0.1, 0.15) is 0 Å². The first-order chi connectivity index (χ1) is 17.7. The van der Waals surface area contributed by atoms with Crippen molar-refractivity contribution in [3.05, 3.63) is 30.3 Å². The van der Waals surface area contributed by atoms with Crippen molar-refractivity contribution < 1.29 is 45.8 Å². The predicted octanol–water partition coefficient (Wildman–Crippen LogP) is 2.70. The maximum atomic E-state index is 11.9. The normalized spacial score (nSPS) is 11.8. The van der Waals surface area contributed by atoms with Crippen LogP contribution < -0.4 is 0 Å². The molecule has 36 heavy (non-hydrogen) atoms. The molecule has 0 bridgehead atoms. The van der Waals surface area contributed by atoms with Gasteiger partial charge in [-0.05, 0) is 18.6 Å². The summed E-state index contributed by atoms with van der Waals surface area (Å²) in [6, 6.07) is 8.00. The van der Waals surface area contributed by atoms with E-state index in [0.29, 0.717) is 79.3 Å². The fraction of sp³-hybridized carbons (Fsp3) is 0.760. The second-order valence-electron chi connectivity index (χ2n) is 7.58. The lowest BCUT2D eigenvalue weighted by atomic mass is 10.3. The third-order valence-electron chi connectivity index (χ3n) is 4.62. The molecule has 11 heteroatoms. The Morgan fingerprint density at radius 1 is 0.500 bits per heavy atom. The molecule has 0 aliphatic carbocycles. The molecule has 0 spiro atoms. The van der Waals surface area contributed by atoms with Crippen LogP contribution in [-0.4, -0.2) is 108 Å². The monoisotopic (exact) mass is 536 g/mol. The molecule has 0 saturated heterocycles. The van der Waals surface area contributed by atoms with Crippen molar-refractivity contribution in [2.24, 2.45) is 0 Å². The quantitative estimate of drug-likeness (QED) is 0.123. The Bertz CT molecular complexity index is 687. The van der Waals surface area contributed by atoms with Crippen LogP contribution in [-0.2, 0) is 47.5 Å². The van der Waals surface area contributed by atoms with Crippen LogP contribution in [0.25, 0.3) is 0 Å². The second-order valence-corrected chi connectivity index (χ2v) is 9.20. The lowest BCUT2D eigenvalue weighted by Gasteiger charge is -2.09. The summed E-state index contributed by atoms with van der Waals surface area (Å²) in [5.74, 6) is 0. The molecule has 0 atom stereocenters. The van der Waals surface area contributed by atoms with Crippen molar-refractivity contribution >= 4 is 10.1 Å². The molecule has 0 saturated carbocycles. The van der Waals surface area contributed by atoms with Crippen molar-refractivity contribution in [3.8, 4) is 0 Å². The minimum atomic E-state index is -3.74. The van der Waals surface area contributed by atoms with E-state index in [0.717, 1.165) is 13.0 Å². The highest BCUT2D eigenvalue weighted by molar-refractivity contribution is 7.86. The molecule has 1 rings (SSSR count). The van der Waals surface area contributed by atoms with Gasteiger partial charge in [0.2, 0.25) is 0 Å². The molecule has 0 unspecified atom stereocenters. The third kappa shape index (κ3) is 20.0. The highest BCUT2D eigenvalue weighted by atomic mass is 32.2. The minimum Gasteiger partial charge on any atom is -0.379 e. The molecule has 0 aliphatic heterocycles. The predicted molar refractivity (Wildman–Crippen MR) is 135 cm³/mol. The van der Waals surface area contributed by atoms with Crippen molar-refractivity contribution in [3.63, 3.8) is 0 Å². The molecule has 0 radical (unpaired) electrons. The van der Waals surface area contributed by atoms with E-state index in [1.54, 1.807) is 18.2 Å². The van der Waals surface area contributed by atoms with E-state index in [4.69, 9.17) is 37.3 Å². The van der Waals surface area contributed by atoms with E-state index >= 15 is 0 Å². The van der Waals surface area contributed by atoms with Crippen LogP contribution in [0.15, 0.2) is 35.2 Å². The molecule has 0 N–H and O–H groups in total. The van der Waals surface area contributed by atoms with Crippen molar-refractivity contribution in [1.82, 2.24) is 0 Å². The van der Waals surface area contributed by atoms with Crippen LogP contribution in [0, 0.1) is 0 Å². The van der Waals surface area contributed by atoms with Crippen LogP contribution in [0.5, 0.6) is 0 Å². The fourth-order valence-corrected chi connectivity index (χ4v) is 3.65. The maximum absolute atomic E-state index is 11.9. The molecule has 1 aromatic carbocycles. The summed E-state index contributed by atoms with van der Waals surface area (Å²) in [7, 11) is -3.74. The number of hydrogen-bond acceptors (Lipinski definition) is 10. The first-order valence-electron chi connectivity index (χ1n) is 12.7. The van der Waals surface area contributed by atoms with E-state index in [1.807, 2.05) is 0 Å². The van der Waals surface area contributed by atoms with Gasteiger partial charge in [0.25, 0.3) is 10.1 Å². The van der Waals surface area contributed by atoms with Crippen molar-refractivity contribution in [1.29, 1.82) is 0 Å². The van der Waals surface area contributed by atoms with E-state index in [9.17, 15) is 8.42 Å². The van der Waals surface area contributed by atoms with Gasteiger partial charge in [-0.2, -0.15) is 8.42 Å². The topological polar surface area (TPSA) is 108 Å². The zero-order valence-corrected chi connectivity index (χ0v) is 22.4. The average molecular weight is 537 g/mol. The fourth-order valence-electron chi connectivity index (χ4n) is 2.73. The molecular weight excluding hydrogens is 492 g/mol. The summed E-state index contributed by atoms with van der Waals surface area (Å²) >= 11 is 0. The highest BCUT2D eigenvalue weighted by Crippen LogP contribution is 2.10. The number of hydrogen-bond donors (Lipinski definition) is 0. The summed E-state index contributed by atoms with van der Waals surface area (Å²) in [4.78, 5) is 0.128. The number of unbranched alkanes of at least 4 members (excludes halogenated alkanes) is 2. The number of ether oxygens (including phenoxy) is 7. The maximum Gasteiger partial charge on any atom is 0.297 e. The van der Waals surface area contributed by atoms with Crippen molar-refractivity contribution in [2.45, 2.75) is 31.1 Å². The standard InChI is InChI=1S/C25H44O10S/c1-2-3-7-10-28-11-12-29-13-14-30-15-16-31-17-18-32-19-20-33-21-22-34-23-24-35-36(26,27)25-8-5-4-6-9-25/h4-6,8-9H,2-3,7,10-24H2,1H3. The van der Waals surface area contributed by atoms with E-state index in [2.05, 4.69) is 6.92 Å². The molecule has 0 fully saturated rings. The Morgan fingerprint density at radius 2 is 0.861 bits per heavy atom. The molecule has 0 aliphatic rings. The molecular formula is C25H44O10S. The smallest absolute Gasteiger partial charge is 0.297 e. The van der Waals surface area contributed by atoms with Crippen LogP contribution in [0.3, 0.4) is 0 Å². The minimum absolute atomic E-state index is 0.0478. The highest BCUT2D eigenvalue weighted by Gasteiger charge is 2.13. The average Bonchev–Trinajstić information content (AvgIpc) is 2.89. The Kier molecular flexibility index (Phi) is 22.1. The van der Waals surface area contributed by atoms with Crippen LogP contribution >= 0.6 is 0 Å². The summed E-state index contributed by atoms with van der Waals surface area (Å²) in [5.41, 5.74) is 0. The first-order valence-corrected chi connectivity index (χ1v) is 14.1. The first kappa shape index (κ1) is 32.9. The van der Waals surface area contributed by atoms with Gasteiger partial charge in [-0.3, -0.25) is 4.18 Å². The van der Waals surface area contributed by atoms with Crippen LogP contribution in [0.4, 0.5) is 0 Å². The Labute approximate surface area is 216 Å². The van der Waals surface area contributed by atoms with Gasteiger partial charge < -0.3 is 33.2 Å². The van der Waals surface area contributed by atoms with Crippen molar-refractivity contribution in [2.75, 3.05) is 99.1 Å². The van der Waals surface area contributed by atoms with Gasteiger partial charge in [0.05, 0.1) is 97.4 Å². The molecule has 0 heterocycles. The van der Waals surface area contributed by atoms with Gasteiger partial charge in [0, 0.05) is 6.61 Å². The number of benzene rings is 1. The van der Waals surface area contributed by atoms with Gasteiger partial charge in [-0.25, -0.2) is 0 Å². The number of rotatable bonds is 27. The summed E-state index contributed by atoms with van der Waals surface area (Å²) in [6.45, 7) is 9.03. The third-order valence-corrected chi connectivity index (χ3v) is 5.95. The van der Waals surface area contributed by atoms with E-state index < -0.39 is 10.1 Å². The molecule has 0 amide bonds. The van der Waals surface area contributed by atoms with Gasteiger partial charge in [-0.15, -0.1) is 0 Å². The SMILES string of the molecule is CCCCCOCCOCCOCCOCCOCCOCCOCCOS(=O)(=O)c1ccccc1. The summed E-state index contributed by atoms with van der Waals surface area (Å²) < 4.78 is 66.7. The Morgan fingerprint density at radius 3 is 1.25 bits per heavy atom. The Hall–Kier alpha value is -1.15. The second kappa shape index (κ2) is 24.2. The summed E-state index contributed by atoms with van der Waals surface area (Å²) in [6.07, 6.45) is 3.52. The van der Waals surface area contributed by atoms with E-state index in [1.165, 1.54) is 25.0 Å².